The maximum atomic E-state index is 12.4. The highest BCUT2D eigenvalue weighted by molar-refractivity contribution is 9.10. The Bertz CT molecular complexity index is 713. The fraction of sp³-hybridized carbons (Fsp3) is 0.273. The smallest absolute Gasteiger partial charge is 0.265 e. The first kappa shape index (κ1) is 14.8. The van der Waals surface area contributed by atoms with Gasteiger partial charge in [-0.3, -0.25) is 9.40 Å². The number of hydrogen-bond acceptors (Lipinski definition) is 5. The zero-order valence-electron chi connectivity index (χ0n) is 11.0. The Kier molecular flexibility index (Phi) is 4.29. The van der Waals surface area contributed by atoms with Gasteiger partial charge >= 0.3 is 0 Å². The predicted octanol–water partition coefficient (Wildman–Crippen LogP) is 1.90. The molecular formula is C11H14BrN5O2S. The molecule has 108 valence electrons. The van der Waals surface area contributed by atoms with Crippen LogP contribution in [-0.2, 0) is 16.6 Å². The minimum absolute atomic E-state index is 0.0682. The number of aromatic nitrogens is 3. The van der Waals surface area contributed by atoms with E-state index in [4.69, 9.17) is 0 Å². The number of rotatable bonds is 5. The topological polar surface area (TPSA) is 88.9 Å². The first-order valence-corrected chi connectivity index (χ1v) is 8.12. The number of nitrogens with zero attached hydrogens (tertiary/aromatic N) is 3. The summed E-state index contributed by atoms with van der Waals surface area (Å²) in [6.07, 6.45) is 4.62. The van der Waals surface area contributed by atoms with Crippen LogP contribution >= 0.6 is 15.9 Å². The zero-order valence-corrected chi connectivity index (χ0v) is 13.4. The molecule has 0 spiro atoms. The van der Waals surface area contributed by atoms with Gasteiger partial charge in [0.2, 0.25) is 0 Å². The van der Waals surface area contributed by atoms with E-state index in [1.54, 1.807) is 17.9 Å². The van der Waals surface area contributed by atoms with E-state index in [0.29, 0.717) is 16.7 Å². The molecule has 2 rings (SSSR count). The van der Waals surface area contributed by atoms with Crippen LogP contribution < -0.4 is 10.0 Å². The molecular weight excluding hydrogens is 346 g/mol. The molecule has 2 N–H and O–H groups in total. The van der Waals surface area contributed by atoms with Gasteiger partial charge in [-0.15, -0.1) is 0 Å². The molecule has 0 bridgehead atoms. The largest absolute Gasteiger partial charge is 0.372 e. The lowest BCUT2D eigenvalue weighted by atomic mass is 10.4. The number of aryl methyl sites for hydroxylation is 1. The lowest BCUT2D eigenvalue weighted by Gasteiger charge is -2.10. The number of pyridine rings is 1. The Labute approximate surface area is 125 Å². The summed E-state index contributed by atoms with van der Waals surface area (Å²) in [6.45, 7) is 2.59. The van der Waals surface area contributed by atoms with E-state index in [9.17, 15) is 8.42 Å². The van der Waals surface area contributed by atoms with E-state index < -0.39 is 10.0 Å². The van der Waals surface area contributed by atoms with Gasteiger partial charge in [0.25, 0.3) is 10.0 Å². The molecule has 0 amide bonds. The van der Waals surface area contributed by atoms with Crippen molar-refractivity contribution in [2.75, 3.05) is 17.1 Å². The summed E-state index contributed by atoms with van der Waals surface area (Å²) in [5.74, 6) is 0.281. The summed E-state index contributed by atoms with van der Waals surface area (Å²) in [4.78, 5) is 4.10. The predicted molar refractivity (Wildman–Crippen MR) is 80.2 cm³/mol. The lowest BCUT2D eigenvalue weighted by molar-refractivity contribution is 0.601. The molecule has 0 fully saturated rings. The minimum Gasteiger partial charge on any atom is -0.372 e. The molecule has 2 aromatic heterocycles. The maximum absolute atomic E-state index is 12.4. The first-order valence-electron chi connectivity index (χ1n) is 5.85. The number of sulfonamides is 1. The Morgan fingerprint density at radius 2 is 2.15 bits per heavy atom. The van der Waals surface area contributed by atoms with Crippen LogP contribution in [0, 0.1) is 0 Å². The van der Waals surface area contributed by atoms with Crippen molar-refractivity contribution >= 4 is 37.5 Å². The standard InChI is InChI=1S/C11H14BrN5O2S/c1-3-17-7-9(6-15-17)16-20(18,19)10-4-8(12)5-14-11(10)13-2/h4-7,16H,3H2,1-2H3,(H,13,14). The first-order chi connectivity index (χ1) is 9.46. The van der Waals surface area contributed by atoms with Crippen molar-refractivity contribution in [2.24, 2.45) is 0 Å². The second kappa shape index (κ2) is 5.80. The summed E-state index contributed by atoms with van der Waals surface area (Å²) in [6, 6.07) is 1.49. The van der Waals surface area contributed by atoms with Gasteiger partial charge in [0, 0.05) is 30.5 Å². The van der Waals surface area contributed by atoms with Gasteiger partial charge in [0.1, 0.15) is 10.7 Å². The molecule has 0 radical (unpaired) electrons. The summed E-state index contributed by atoms with van der Waals surface area (Å²) in [7, 11) is -2.12. The monoisotopic (exact) mass is 359 g/mol. The second-order valence-corrected chi connectivity index (χ2v) is 6.51. The van der Waals surface area contributed by atoms with Crippen molar-refractivity contribution in [3.05, 3.63) is 29.1 Å². The van der Waals surface area contributed by atoms with Crippen molar-refractivity contribution in [3.63, 3.8) is 0 Å². The molecule has 7 nitrogen and oxygen atoms in total. The molecule has 9 heteroatoms. The Hall–Kier alpha value is -1.61. The Morgan fingerprint density at radius 3 is 2.75 bits per heavy atom. The van der Waals surface area contributed by atoms with E-state index in [1.165, 1.54) is 18.5 Å². The SMILES string of the molecule is CCn1cc(NS(=O)(=O)c2cc(Br)cnc2NC)cn1. The van der Waals surface area contributed by atoms with Crippen LogP contribution in [0.25, 0.3) is 0 Å². The van der Waals surface area contributed by atoms with Crippen LogP contribution in [-0.4, -0.2) is 30.2 Å². The molecule has 0 saturated heterocycles. The van der Waals surface area contributed by atoms with E-state index in [2.05, 4.69) is 36.1 Å². The Balaban J connectivity index is 2.37. The molecule has 20 heavy (non-hydrogen) atoms. The summed E-state index contributed by atoms with van der Waals surface area (Å²) >= 11 is 3.22. The molecule has 0 aliphatic rings. The van der Waals surface area contributed by atoms with Gasteiger partial charge in [-0.25, -0.2) is 13.4 Å². The third kappa shape index (κ3) is 3.10. The highest BCUT2D eigenvalue weighted by Gasteiger charge is 2.20. The molecule has 0 aliphatic carbocycles. The lowest BCUT2D eigenvalue weighted by Crippen LogP contribution is -2.15. The van der Waals surface area contributed by atoms with Crippen molar-refractivity contribution in [1.82, 2.24) is 14.8 Å². The van der Waals surface area contributed by atoms with Gasteiger partial charge in [-0.1, -0.05) is 0 Å². The van der Waals surface area contributed by atoms with E-state index in [0.717, 1.165) is 0 Å². The number of halogens is 1. The van der Waals surface area contributed by atoms with Gasteiger partial charge in [-0.05, 0) is 28.9 Å². The van der Waals surface area contributed by atoms with Crippen LogP contribution in [0.1, 0.15) is 6.92 Å². The van der Waals surface area contributed by atoms with Crippen molar-refractivity contribution < 1.29 is 8.42 Å². The minimum atomic E-state index is -3.73. The summed E-state index contributed by atoms with van der Waals surface area (Å²) in [5, 5.41) is 6.78. The third-order valence-corrected chi connectivity index (χ3v) is 4.38. The highest BCUT2D eigenvalue weighted by atomic mass is 79.9. The van der Waals surface area contributed by atoms with Gasteiger partial charge in [0.15, 0.2) is 0 Å². The average Bonchev–Trinajstić information content (AvgIpc) is 2.85. The molecule has 0 atom stereocenters. The molecule has 0 unspecified atom stereocenters. The number of hydrogen-bond donors (Lipinski definition) is 2. The van der Waals surface area contributed by atoms with Gasteiger partial charge in [0.05, 0.1) is 11.9 Å². The summed E-state index contributed by atoms with van der Waals surface area (Å²) in [5.41, 5.74) is 0.411. The number of anilines is 2. The molecule has 0 aliphatic heterocycles. The average molecular weight is 360 g/mol. The summed E-state index contributed by atoms with van der Waals surface area (Å²) < 4.78 is 29.5. The fourth-order valence-electron chi connectivity index (χ4n) is 1.61. The van der Waals surface area contributed by atoms with E-state index in [-0.39, 0.29) is 10.7 Å². The van der Waals surface area contributed by atoms with Gasteiger partial charge in [-0.2, -0.15) is 5.10 Å². The van der Waals surface area contributed by atoms with Crippen LogP contribution in [0.15, 0.2) is 34.0 Å². The van der Waals surface area contributed by atoms with E-state index >= 15 is 0 Å². The van der Waals surface area contributed by atoms with E-state index in [1.807, 2.05) is 6.92 Å². The van der Waals surface area contributed by atoms with Crippen LogP contribution in [0.2, 0.25) is 0 Å². The maximum Gasteiger partial charge on any atom is 0.265 e. The molecule has 2 aromatic rings. The Morgan fingerprint density at radius 1 is 1.40 bits per heavy atom. The van der Waals surface area contributed by atoms with Crippen molar-refractivity contribution in [1.29, 1.82) is 0 Å². The van der Waals surface area contributed by atoms with Crippen molar-refractivity contribution in [2.45, 2.75) is 18.4 Å². The fourth-order valence-corrected chi connectivity index (χ4v) is 3.31. The zero-order chi connectivity index (χ0) is 14.8. The number of nitrogens with one attached hydrogen (secondary N) is 2. The third-order valence-electron chi connectivity index (χ3n) is 2.56. The van der Waals surface area contributed by atoms with Crippen LogP contribution in [0.4, 0.5) is 11.5 Å². The van der Waals surface area contributed by atoms with Crippen molar-refractivity contribution in [3.8, 4) is 0 Å². The molecule has 0 aromatic carbocycles. The second-order valence-electron chi connectivity index (χ2n) is 3.94. The van der Waals surface area contributed by atoms with Crippen LogP contribution in [0.5, 0.6) is 0 Å². The highest BCUT2D eigenvalue weighted by Crippen LogP contribution is 2.24. The normalized spacial score (nSPS) is 11.3. The molecule has 2 heterocycles. The quantitative estimate of drug-likeness (QED) is 0.850. The molecule has 0 saturated carbocycles. The van der Waals surface area contributed by atoms with Gasteiger partial charge < -0.3 is 5.32 Å². The van der Waals surface area contributed by atoms with Crippen LogP contribution in [0.3, 0.4) is 0 Å².